The number of para-hydroxylation sites is 1. The number of hydrogen-bond donors (Lipinski definition) is 1. The third kappa shape index (κ3) is 4.96. The van der Waals surface area contributed by atoms with E-state index in [1.807, 2.05) is 61.5 Å². The second-order valence-electron chi connectivity index (χ2n) is 8.34. The fourth-order valence-corrected chi connectivity index (χ4v) is 3.65. The lowest BCUT2D eigenvalue weighted by molar-refractivity contribution is -0.120. The van der Waals surface area contributed by atoms with Crippen molar-refractivity contribution in [3.8, 4) is 11.5 Å². The molecule has 4 rings (SSSR count). The Morgan fingerprint density at radius 3 is 2.03 bits per heavy atom. The van der Waals surface area contributed by atoms with E-state index in [4.69, 9.17) is 9.47 Å². The van der Waals surface area contributed by atoms with E-state index in [0.29, 0.717) is 41.6 Å². The van der Waals surface area contributed by atoms with Gasteiger partial charge < -0.3 is 14.8 Å². The van der Waals surface area contributed by atoms with Gasteiger partial charge in [0, 0.05) is 5.69 Å². The Balaban J connectivity index is 1.70. The first kappa shape index (κ1) is 23.1. The van der Waals surface area contributed by atoms with Crippen LogP contribution in [0.3, 0.4) is 0 Å². The molecule has 34 heavy (non-hydrogen) atoms. The van der Waals surface area contributed by atoms with E-state index >= 15 is 0 Å². The number of imide groups is 1. The number of benzene rings is 3. The molecule has 1 aliphatic heterocycles. The van der Waals surface area contributed by atoms with Gasteiger partial charge in [-0.15, -0.1) is 0 Å². The van der Waals surface area contributed by atoms with E-state index in [-0.39, 0.29) is 11.6 Å². The summed E-state index contributed by atoms with van der Waals surface area (Å²) in [7, 11) is 0. The quantitative estimate of drug-likeness (QED) is 0.430. The molecule has 0 atom stereocenters. The fraction of sp³-hybridized carbons (Fsp3) is 0.214. The van der Waals surface area contributed by atoms with Crippen LogP contribution in [0.1, 0.15) is 26.3 Å². The molecule has 0 fully saturated rings. The SMILES string of the molecule is CCOc1ccc(NC2=C(c3ccc(OCC(C)C)cc3)C(=O)N(c3ccccc3)C2=O)cc1. The molecule has 3 aromatic rings. The van der Waals surface area contributed by atoms with Gasteiger partial charge in [-0.1, -0.05) is 44.2 Å². The van der Waals surface area contributed by atoms with Crippen molar-refractivity contribution >= 4 is 28.8 Å². The molecule has 0 saturated carbocycles. The second kappa shape index (κ2) is 10.3. The Bertz CT molecular complexity index is 1180. The first-order chi connectivity index (χ1) is 16.5. The van der Waals surface area contributed by atoms with Crippen molar-refractivity contribution in [1.29, 1.82) is 0 Å². The molecule has 0 aromatic heterocycles. The summed E-state index contributed by atoms with van der Waals surface area (Å²) in [6.45, 7) is 7.26. The maximum Gasteiger partial charge on any atom is 0.282 e. The molecule has 0 radical (unpaired) electrons. The fourth-order valence-electron chi connectivity index (χ4n) is 3.65. The van der Waals surface area contributed by atoms with Crippen LogP contribution in [0, 0.1) is 5.92 Å². The van der Waals surface area contributed by atoms with E-state index in [0.717, 1.165) is 11.5 Å². The van der Waals surface area contributed by atoms with Gasteiger partial charge >= 0.3 is 0 Å². The number of ether oxygens (including phenoxy) is 2. The van der Waals surface area contributed by atoms with E-state index in [9.17, 15) is 9.59 Å². The molecule has 0 bridgehead atoms. The average Bonchev–Trinajstić information content (AvgIpc) is 3.09. The summed E-state index contributed by atoms with van der Waals surface area (Å²) in [5.41, 5.74) is 2.40. The predicted octanol–water partition coefficient (Wildman–Crippen LogP) is 5.52. The highest BCUT2D eigenvalue weighted by atomic mass is 16.5. The van der Waals surface area contributed by atoms with Crippen molar-refractivity contribution in [2.75, 3.05) is 23.4 Å². The Labute approximate surface area is 199 Å². The number of nitrogens with one attached hydrogen (secondary N) is 1. The van der Waals surface area contributed by atoms with Crippen LogP contribution in [-0.2, 0) is 9.59 Å². The average molecular weight is 457 g/mol. The molecule has 3 aromatic carbocycles. The highest BCUT2D eigenvalue weighted by Crippen LogP contribution is 2.34. The second-order valence-corrected chi connectivity index (χ2v) is 8.34. The van der Waals surface area contributed by atoms with Gasteiger partial charge in [-0.3, -0.25) is 9.59 Å². The minimum absolute atomic E-state index is 0.230. The van der Waals surface area contributed by atoms with Crippen molar-refractivity contribution in [2.45, 2.75) is 20.8 Å². The van der Waals surface area contributed by atoms with Crippen LogP contribution < -0.4 is 19.7 Å². The zero-order valence-electron chi connectivity index (χ0n) is 19.6. The molecule has 6 heteroatoms. The Morgan fingerprint density at radius 1 is 0.794 bits per heavy atom. The third-order valence-electron chi connectivity index (χ3n) is 5.26. The Morgan fingerprint density at radius 2 is 1.41 bits per heavy atom. The van der Waals surface area contributed by atoms with Crippen LogP contribution in [0.15, 0.2) is 84.6 Å². The van der Waals surface area contributed by atoms with Crippen LogP contribution in [0.2, 0.25) is 0 Å². The van der Waals surface area contributed by atoms with Gasteiger partial charge in [0.1, 0.15) is 17.2 Å². The number of hydrogen-bond acceptors (Lipinski definition) is 5. The largest absolute Gasteiger partial charge is 0.494 e. The topological polar surface area (TPSA) is 67.9 Å². The molecule has 2 amide bonds. The van der Waals surface area contributed by atoms with Crippen LogP contribution in [0.4, 0.5) is 11.4 Å². The van der Waals surface area contributed by atoms with Gasteiger partial charge in [0.2, 0.25) is 0 Å². The van der Waals surface area contributed by atoms with E-state index in [1.54, 1.807) is 24.3 Å². The van der Waals surface area contributed by atoms with Crippen molar-refractivity contribution < 1.29 is 19.1 Å². The van der Waals surface area contributed by atoms with Crippen molar-refractivity contribution in [3.05, 3.63) is 90.1 Å². The highest BCUT2D eigenvalue weighted by molar-refractivity contribution is 6.46. The molecule has 1 aliphatic rings. The number of amides is 2. The number of rotatable bonds is 9. The Hall–Kier alpha value is -4.06. The van der Waals surface area contributed by atoms with E-state index in [2.05, 4.69) is 19.2 Å². The minimum atomic E-state index is -0.403. The van der Waals surface area contributed by atoms with E-state index in [1.165, 1.54) is 4.90 Å². The summed E-state index contributed by atoms with van der Waals surface area (Å²) in [5.74, 6) is 1.08. The first-order valence-corrected chi connectivity index (χ1v) is 11.4. The zero-order chi connectivity index (χ0) is 24.1. The van der Waals surface area contributed by atoms with Gasteiger partial charge in [0.05, 0.1) is 24.5 Å². The third-order valence-corrected chi connectivity index (χ3v) is 5.26. The molecule has 0 unspecified atom stereocenters. The molecule has 174 valence electrons. The molecular weight excluding hydrogens is 428 g/mol. The molecule has 1 heterocycles. The van der Waals surface area contributed by atoms with Gasteiger partial charge in [-0.25, -0.2) is 4.90 Å². The number of carbonyl (C=O) groups excluding carboxylic acids is 2. The van der Waals surface area contributed by atoms with Gasteiger partial charge in [0.25, 0.3) is 11.8 Å². The number of anilines is 2. The van der Waals surface area contributed by atoms with Crippen molar-refractivity contribution in [3.63, 3.8) is 0 Å². The lowest BCUT2D eigenvalue weighted by atomic mass is 10.0. The maximum absolute atomic E-state index is 13.5. The highest BCUT2D eigenvalue weighted by Gasteiger charge is 2.40. The van der Waals surface area contributed by atoms with Gasteiger partial charge in [0.15, 0.2) is 0 Å². The summed E-state index contributed by atoms with van der Waals surface area (Å²) < 4.78 is 11.3. The van der Waals surface area contributed by atoms with Crippen molar-refractivity contribution in [2.24, 2.45) is 5.92 Å². The van der Waals surface area contributed by atoms with E-state index < -0.39 is 5.91 Å². The Kier molecular flexibility index (Phi) is 6.97. The lowest BCUT2D eigenvalue weighted by Crippen LogP contribution is -2.32. The molecule has 0 aliphatic carbocycles. The first-order valence-electron chi connectivity index (χ1n) is 11.4. The summed E-state index contributed by atoms with van der Waals surface area (Å²) in [5, 5.41) is 3.17. The molecule has 6 nitrogen and oxygen atoms in total. The monoisotopic (exact) mass is 456 g/mol. The predicted molar refractivity (Wildman–Crippen MR) is 134 cm³/mol. The summed E-state index contributed by atoms with van der Waals surface area (Å²) in [6, 6.07) is 23.5. The number of carbonyl (C=O) groups is 2. The molecule has 0 saturated heterocycles. The smallest absolute Gasteiger partial charge is 0.282 e. The lowest BCUT2D eigenvalue weighted by Gasteiger charge is -2.15. The standard InChI is InChI=1S/C28H28N2O4/c1-4-33-23-16-12-21(13-17-23)29-26-25(20-10-14-24(15-11-20)34-18-19(2)3)27(31)30(28(26)32)22-8-6-5-7-9-22/h5-17,19,29H,4,18H2,1-3H3. The molecule has 1 N–H and O–H groups in total. The van der Waals surface area contributed by atoms with Gasteiger partial charge in [-0.05, 0) is 66.9 Å². The van der Waals surface area contributed by atoms with Crippen molar-refractivity contribution in [1.82, 2.24) is 0 Å². The maximum atomic E-state index is 13.5. The normalized spacial score (nSPS) is 13.6. The zero-order valence-corrected chi connectivity index (χ0v) is 19.6. The van der Waals surface area contributed by atoms with Crippen LogP contribution in [0.5, 0.6) is 11.5 Å². The molecular formula is C28H28N2O4. The van der Waals surface area contributed by atoms with Gasteiger partial charge in [-0.2, -0.15) is 0 Å². The van der Waals surface area contributed by atoms with Crippen LogP contribution in [-0.4, -0.2) is 25.0 Å². The molecule has 0 spiro atoms. The number of nitrogens with zero attached hydrogens (tertiary/aromatic N) is 1. The summed E-state index contributed by atoms with van der Waals surface area (Å²) >= 11 is 0. The summed E-state index contributed by atoms with van der Waals surface area (Å²) in [4.78, 5) is 28.2. The van der Waals surface area contributed by atoms with Crippen LogP contribution in [0.25, 0.3) is 5.57 Å². The minimum Gasteiger partial charge on any atom is -0.494 e. The van der Waals surface area contributed by atoms with Crippen LogP contribution >= 0.6 is 0 Å². The summed E-state index contributed by atoms with van der Waals surface area (Å²) in [6.07, 6.45) is 0.